The van der Waals surface area contributed by atoms with E-state index in [-0.39, 0.29) is 9.26 Å². The second-order valence-electron chi connectivity index (χ2n) is 3.64. The van der Waals surface area contributed by atoms with Gasteiger partial charge in [0.2, 0.25) is 5.91 Å². The molecule has 0 saturated carbocycles. The van der Waals surface area contributed by atoms with Crippen molar-refractivity contribution in [1.29, 1.82) is 0 Å². The molecule has 17 heavy (non-hydrogen) atoms. The van der Waals surface area contributed by atoms with Crippen molar-refractivity contribution in [1.82, 2.24) is 0 Å². The molecular formula is C11H13F2IN2O. The molecule has 0 fully saturated rings. The molecule has 3 N–H and O–H groups in total. The van der Waals surface area contributed by atoms with Gasteiger partial charge in [-0.05, 0) is 41.1 Å². The Morgan fingerprint density at radius 2 is 2.00 bits per heavy atom. The lowest BCUT2D eigenvalue weighted by atomic mass is 10.1. The molecule has 1 rings (SSSR count). The topological polar surface area (TPSA) is 55.1 Å². The largest absolute Gasteiger partial charge is 0.325 e. The van der Waals surface area contributed by atoms with Crippen molar-refractivity contribution in [3.63, 3.8) is 0 Å². The maximum atomic E-state index is 13.2. The van der Waals surface area contributed by atoms with Crippen molar-refractivity contribution in [2.75, 3.05) is 5.32 Å². The molecule has 0 spiro atoms. The average Bonchev–Trinajstić information content (AvgIpc) is 2.26. The van der Waals surface area contributed by atoms with Crippen LogP contribution in [0.25, 0.3) is 0 Å². The molecule has 1 atom stereocenters. The van der Waals surface area contributed by atoms with E-state index >= 15 is 0 Å². The molecule has 0 heterocycles. The molecular weight excluding hydrogens is 341 g/mol. The van der Waals surface area contributed by atoms with Gasteiger partial charge in [-0.25, -0.2) is 8.78 Å². The zero-order valence-electron chi connectivity index (χ0n) is 9.27. The van der Waals surface area contributed by atoms with Gasteiger partial charge in [-0.15, -0.1) is 0 Å². The highest BCUT2D eigenvalue weighted by molar-refractivity contribution is 14.1. The second kappa shape index (κ2) is 6.25. The van der Waals surface area contributed by atoms with Crippen LogP contribution < -0.4 is 11.1 Å². The quantitative estimate of drug-likeness (QED) is 0.645. The van der Waals surface area contributed by atoms with Gasteiger partial charge in [-0.2, -0.15) is 0 Å². The van der Waals surface area contributed by atoms with E-state index < -0.39 is 23.6 Å². The Kier molecular flexibility index (Phi) is 5.26. The minimum Gasteiger partial charge on any atom is -0.325 e. The SMILES string of the molecule is CCCC(N)C(=O)Nc1cc(F)c(I)c(F)c1. The molecule has 1 amide bonds. The second-order valence-corrected chi connectivity index (χ2v) is 4.72. The van der Waals surface area contributed by atoms with E-state index in [2.05, 4.69) is 5.32 Å². The van der Waals surface area contributed by atoms with E-state index in [1.807, 2.05) is 6.92 Å². The van der Waals surface area contributed by atoms with Crippen molar-refractivity contribution < 1.29 is 13.6 Å². The summed E-state index contributed by atoms with van der Waals surface area (Å²) < 4.78 is 26.3. The Balaban J connectivity index is 2.79. The normalized spacial score (nSPS) is 12.3. The van der Waals surface area contributed by atoms with Gasteiger partial charge >= 0.3 is 0 Å². The zero-order chi connectivity index (χ0) is 13.0. The van der Waals surface area contributed by atoms with Gasteiger partial charge in [0, 0.05) is 5.69 Å². The van der Waals surface area contributed by atoms with Crippen molar-refractivity contribution in [3.05, 3.63) is 27.3 Å². The Labute approximate surface area is 112 Å². The molecule has 94 valence electrons. The molecule has 0 saturated heterocycles. The standard InChI is InChI=1S/C11H13F2IN2O/c1-2-3-9(15)11(17)16-6-4-7(12)10(14)8(13)5-6/h4-5,9H,2-3,15H2,1H3,(H,16,17). The summed E-state index contributed by atoms with van der Waals surface area (Å²) in [5.41, 5.74) is 5.66. The van der Waals surface area contributed by atoms with E-state index in [1.165, 1.54) is 0 Å². The summed E-state index contributed by atoms with van der Waals surface area (Å²) in [6, 6.07) is 1.48. The number of carbonyl (C=O) groups is 1. The third kappa shape index (κ3) is 3.88. The Morgan fingerprint density at radius 3 is 2.47 bits per heavy atom. The van der Waals surface area contributed by atoms with Crippen molar-refractivity contribution >= 4 is 34.2 Å². The van der Waals surface area contributed by atoms with Gasteiger partial charge < -0.3 is 11.1 Å². The first kappa shape index (κ1) is 14.3. The molecule has 1 unspecified atom stereocenters. The molecule has 0 aromatic heterocycles. The number of benzene rings is 1. The van der Waals surface area contributed by atoms with Crippen LogP contribution in [0.1, 0.15) is 19.8 Å². The molecule has 0 aliphatic rings. The first-order valence-electron chi connectivity index (χ1n) is 5.16. The minimum atomic E-state index is -0.704. The lowest BCUT2D eigenvalue weighted by Gasteiger charge is -2.11. The predicted molar refractivity (Wildman–Crippen MR) is 70.6 cm³/mol. The number of nitrogens with two attached hydrogens (primary N) is 1. The fourth-order valence-electron chi connectivity index (χ4n) is 1.30. The van der Waals surface area contributed by atoms with Crippen LogP contribution in [0.4, 0.5) is 14.5 Å². The molecule has 0 aliphatic heterocycles. The first-order chi connectivity index (χ1) is 7.95. The smallest absolute Gasteiger partial charge is 0.241 e. The highest BCUT2D eigenvalue weighted by Gasteiger charge is 2.14. The number of carbonyl (C=O) groups excluding carboxylic acids is 1. The molecule has 1 aromatic rings. The fraction of sp³-hybridized carbons (Fsp3) is 0.364. The van der Waals surface area contributed by atoms with Gasteiger partial charge in [0.25, 0.3) is 0 Å². The molecule has 0 aliphatic carbocycles. The van der Waals surface area contributed by atoms with Crippen LogP contribution in [0, 0.1) is 15.2 Å². The number of nitrogens with one attached hydrogen (secondary N) is 1. The predicted octanol–water partition coefficient (Wildman–Crippen LogP) is 2.64. The maximum absolute atomic E-state index is 13.2. The van der Waals surface area contributed by atoms with Gasteiger partial charge in [-0.1, -0.05) is 13.3 Å². The molecule has 6 heteroatoms. The Bertz CT molecular complexity index is 403. The number of halogens is 3. The van der Waals surface area contributed by atoms with E-state index in [4.69, 9.17) is 5.73 Å². The van der Waals surface area contributed by atoms with Crippen LogP contribution in [0.5, 0.6) is 0 Å². The van der Waals surface area contributed by atoms with Crippen LogP contribution in [-0.2, 0) is 4.79 Å². The summed E-state index contributed by atoms with van der Waals surface area (Å²) >= 11 is 1.56. The number of hydrogen-bond donors (Lipinski definition) is 2. The molecule has 0 bridgehead atoms. The van der Waals surface area contributed by atoms with Crippen LogP contribution in [0.15, 0.2) is 12.1 Å². The summed E-state index contributed by atoms with van der Waals surface area (Å²) in [6.45, 7) is 1.90. The maximum Gasteiger partial charge on any atom is 0.241 e. The summed E-state index contributed by atoms with van der Waals surface area (Å²) in [7, 11) is 0. The lowest BCUT2D eigenvalue weighted by molar-refractivity contribution is -0.117. The summed E-state index contributed by atoms with van der Waals surface area (Å²) in [5, 5.41) is 2.39. The summed E-state index contributed by atoms with van der Waals surface area (Å²) in [6.07, 6.45) is 1.30. The molecule has 1 aromatic carbocycles. The monoisotopic (exact) mass is 354 g/mol. The lowest BCUT2D eigenvalue weighted by Crippen LogP contribution is -2.35. The van der Waals surface area contributed by atoms with Crippen LogP contribution in [-0.4, -0.2) is 11.9 Å². The van der Waals surface area contributed by atoms with Crippen LogP contribution in [0.3, 0.4) is 0 Å². The van der Waals surface area contributed by atoms with E-state index in [9.17, 15) is 13.6 Å². The number of hydrogen-bond acceptors (Lipinski definition) is 2. The zero-order valence-corrected chi connectivity index (χ0v) is 11.4. The molecule has 3 nitrogen and oxygen atoms in total. The summed E-state index contributed by atoms with van der Waals surface area (Å²) in [5.74, 6) is -1.85. The van der Waals surface area contributed by atoms with Crippen molar-refractivity contribution in [2.45, 2.75) is 25.8 Å². The van der Waals surface area contributed by atoms with E-state index in [0.29, 0.717) is 6.42 Å². The van der Waals surface area contributed by atoms with Gasteiger partial charge in [-0.3, -0.25) is 4.79 Å². The average molecular weight is 354 g/mol. The van der Waals surface area contributed by atoms with Crippen LogP contribution in [0.2, 0.25) is 0 Å². The summed E-state index contributed by atoms with van der Waals surface area (Å²) in [4.78, 5) is 11.5. The Morgan fingerprint density at radius 1 is 1.47 bits per heavy atom. The Hall–Kier alpha value is -0.760. The highest BCUT2D eigenvalue weighted by Crippen LogP contribution is 2.20. The van der Waals surface area contributed by atoms with Gasteiger partial charge in [0.05, 0.1) is 9.61 Å². The number of anilines is 1. The number of amides is 1. The fourth-order valence-corrected chi connectivity index (χ4v) is 1.62. The van der Waals surface area contributed by atoms with Crippen molar-refractivity contribution in [2.24, 2.45) is 5.73 Å². The van der Waals surface area contributed by atoms with E-state index in [1.54, 1.807) is 22.6 Å². The van der Waals surface area contributed by atoms with E-state index in [0.717, 1.165) is 18.6 Å². The van der Waals surface area contributed by atoms with Crippen LogP contribution >= 0.6 is 22.6 Å². The molecule has 0 radical (unpaired) electrons. The highest BCUT2D eigenvalue weighted by atomic mass is 127. The third-order valence-electron chi connectivity index (χ3n) is 2.19. The van der Waals surface area contributed by atoms with Gasteiger partial charge in [0.15, 0.2) is 0 Å². The minimum absolute atomic E-state index is 0.0805. The van der Waals surface area contributed by atoms with Gasteiger partial charge in [0.1, 0.15) is 11.6 Å². The number of rotatable bonds is 4. The van der Waals surface area contributed by atoms with Crippen molar-refractivity contribution in [3.8, 4) is 0 Å². The first-order valence-corrected chi connectivity index (χ1v) is 6.24. The third-order valence-corrected chi connectivity index (χ3v) is 3.22.